The highest BCUT2D eigenvalue weighted by molar-refractivity contribution is 7.18. The van der Waals surface area contributed by atoms with Gasteiger partial charge >= 0.3 is 0 Å². The maximum Gasteiger partial charge on any atom is 0.292 e. The fourth-order valence-corrected chi connectivity index (χ4v) is 4.54. The second-order valence-corrected chi connectivity index (χ2v) is 7.37. The maximum absolute atomic E-state index is 13.2. The van der Waals surface area contributed by atoms with Gasteiger partial charge in [-0.1, -0.05) is 12.1 Å². The Labute approximate surface area is 161 Å². The van der Waals surface area contributed by atoms with Gasteiger partial charge in [-0.2, -0.15) is 0 Å². The fourth-order valence-electron chi connectivity index (χ4n) is 3.45. The molecule has 1 amide bonds. The van der Waals surface area contributed by atoms with Crippen LogP contribution in [0.15, 0.2) is 41.4 Å². The quantitative estimate of drug-likeness (QED) is 0.565. The second kappa shape index (κ2) is 6.48. The van der Waals surface area contributed by atoms with Gasteiger partial charge < -0.3 is 14.3 Å². The van der Waals surface area contributed by atoms with Crippen molar-refractivity contribution < 1.29 is 18.0 Å². The maximum atomic E-state index is 13.2. The molecule has 0 saturated carbocycles. The molecule has 0 bridgehead atoms. The second-order valence-electron chi connectivity index (χ2n) is 6.30. The number of halogens is 2. The van der Waals surface area contributed by atoms with Gasteiger partial charge in [-0.15, -0.1) is 11.3 Å². The average Bonchev–Trinajstić information content (AvgIpc) is 3.44. The summed E-state index contributed by atoms with van der Waals surface area (Å²) in [5, 5.41) is 0.667. The molecule has 0 fully saturated rings. The van der Waals surface area contributed by atoms with Crippen LogP contribution in [-0.4, -0.2) is 37.3 Å². The van der Waals surface area contributed by atoms with E-state index in [2.05, 4.69) is 19.9 Å². The van der Waals surface area contributed by atoms with Gasteiger partial charge in [0, 0.05) is 18.7 Å². The van der Waals surface area contributed by atoms with E-state index in [4.69, 9.17) is 4.42 Å². The van der Waals surface area contributed by atoms with E-state index in [1.165, 1.54) is 16.2 Å². The van der Waals surface area contributed by atoms with Crippen LogP contribution in [0.2, 0.25) is 0 Å². The number of para-hydroxylation sites is 1. The Morgan fingerprint density at radius 3 is 3.00 bits per heavy atom. The molecule has 1 aliphatic heterocycles. The summed E-state index contributed by atoms with van der Waals surface area (Å²) in [6.07, 6.45) is 0.0635. The van der Waals surface area contributed by atoms with Crippen LogP contribution in [0, 0.1) is 0 Å². The molecule has 1 aliphatic rings. The lowest BCUT2D eigenvalue weighted by Gasteiger charge is -2.33. The lowest BCUT2D eigenvalue weighted by Crippen LogP contribution is -2.41. The Balaban J connectivity index is 1.62. The monoisotopic (exact) mass is 401 g/mol. The largest absolute Gasteiger partial charge is 0.438 e. The number of alkyl halides is 2. The lowest BCUT2D eigenvalue weighted by atomic mass is 10.0. The van der Waals surface area contributed by atoms with Crippen LogP contribution >= 0.6 is 11.3 Å². The molecule has 4 aromatic rings. The summed E-state index contributed by atoms with van der Waals surface area (Å²) < 4.78 is 32.4. The molecule has 28 heavy (non-hydrogen) atoms. The number of aromatic nitrogens is 4. The molecule has 0 spiro atoms. The van der Waals surface area contributed by atoms with E-state index in [1.807, 2.05) is 24.3 Å². The van der Waals surface area contributed by atoms with Gasteiger partial charge in [0.15, 0.2) is 12.1 Å². The Morgan fingerprint density at radius 2 is 2.18 bits per heavy atom. The van der Waals surface area contributed by atoms with Crippen molar-refractivity contribution in [3.63, 3.8) is 0 Å². The zero-order valence-electron chi connectivity index (χ0n) is 14.3. The zero-order chi connectivity index (χ0) is 19.3. The number of oxazole rings is 1. The first kappa shape index (κ1) is 17.0. The Kier molecular flexibility index (Phi) is 3.93. The number of hydrogen-bond donors (Lipinski definition) is 1. The molecule has 0 radical (unpaired) electrons. The van der Waals surface area contributed by atoms with Crippen molar-refractivity contribution in [1.29, 1.82) is 0 Å². The summed E-state index contributed by atoms with van der Waals surface area (Å²) in [4.78, 5) is 30.2. The molecule has 1 N–H and O–H groups in total. The van der Waals surface area contributed by atoms with E-state index in [1.54, 1.807) is 6.33 Å². The van der Waals surface area contributed by atoms with Crippen LogP contribution in [0.1, 0.15) is 45.1 Å². The van der Waals surface area contributed by atoms with Crippen LogP contribution in [0.4, 0.5) is 8.78 Å². The van der Waals surface area contributed by atoms with Crippen molar-refractivity contribution in [3.05, 3.63) is 64.8 Å². The number of benzene rings is 1. The number of thiazole rings is 1. The van der Waals surface area contributed by atoms with Gasteiger partial charge in [-0.25, -0.2) is 23.7 Å². The van der Waals surface area contributed by atoms with Crippen LogP contribution in [0.25, 0.3) is 10.2 Å². The summed E-state index contributed by atoms with van der Waals surface area (Å²) in [5.74, 6) is -1.09. The number of rotatable bonds is 3. The van der Waals surface area contributed by atoms with Gasteiger partial charge in [-0.05, 0) is 12.1 Å². The topological polar surface area (TPSA) is 87.9 Å². The number of amides is 1. The SMILES string of the molecule is O=C(c1ocnc1C(F)F)N1CCc2[nH]cnc2[C@H]1c1nc2ccccc2s1. The predicted octanol–water partition coefficient (Wildman–Crippen LogP) is 3.73. The van der Waals surface area contributed by atoms with E-state index in [-0.39, 0.29) is 0 Å². The molecule has 0 unspecified atom stereocenters. The lowest BCUT2D eigenvalue weighted by molar-refractivity contribution is 0.0642. The number of carbonyl (C=O) groups excluding carboxylic acids is 1. The Hall–Kier alpha value is -3.14. The summed E-state index contributed by atoms with van der Waals surface area (Å²) in [7, 11) is 0. The van der Waals surface area contributed by atoms with Crippen LogP contribution in [-0.2, 0) is 6.42 Å². The molecule has 3 aromatic heterocycles. The number of H-pyrrole nitrogens is 1. The molecule has 10 heteroatoms. The minimum Gasteiger partial charge on any atom is -0.438 e. The third-order valence-electron chi connectivity index (χ3n) is 4.73. The van der Waals surface area contributed by atoms with Gasteiger partial charge in [0.1, 0.15) is 11.0 Å². The standard InChI is InChI=1S/C18H13F2N5O2S/c19-16(20)13-15(27-8-23-13)18(26)25-6-5-10-12(22-7-21-10)14(25)17-24-9-3-1-2-4-11(9)28-17/h1-4,7-8,14,16H,5-6H2,(H,21,22)/t14-/m0/s1. The molecular weight excluding hydrogens is 388 g/mol. The predicted molar refractivity (Wildman–Crippen MR) is 96.3 cm³/mol. The molecule has 142 valence electrons. The van der Waals surface area contributed by atoms with E-state index >= 15 is 0 Å². The van der Waals surface area contributed by atoms with Crippen LogP contribution < -0.4 is 0 Å². The Morgan fingerprint density at radius 1 is 1.32 bits per heavy atom. The van der Waals surface area contributed by atoms with Gasteiger partial charge in [0.05, 0.1) is 22.2 Å². The first-order valence-electron chi connectivity index (χ1n) is 8.53. The summed E-state index contributed by atoms with van der Waals surface area (Å²) >= 11 is 1.45. The number of nitrogens with zero attached hydrogens (tertiary/aromatic N) is 4. The van der Waals surface area contributed by atoms with Crippen LogP contribution in [0.5, 0.6) is 0 Å². The minimum atomic E-state index is -2.90. The molecule has 7 nitrogen and oxygen atoms in total. The summed E-state index contributed by atoms with van der Waals surface area (Å²) in [6, 6.07) is 7.05. The molecular formula is C18H13F2N5O2S. The van der Waals surface area contributed by atoms with Crippen LogP contribution in [0.3, 0.4) is 0 Å². The van der Waals surface area contributed by atoms with E-state index in [0.29, 0.717) is 23.7 Å². The molecule has 5 rings (SSSR count). The highest BCUT2D eigenvalue weighted by Gasteiger charge is 2.39. The number of imidazole rings is 1. The molecule has 1 atom stereocenters. The Bertz CT molecular complexity index is 1130. The number of fused-ring (bicyclic) bond motifs is 2. The number of carbonyl (C=O) groups is 1. The van der Waals surface area contributed by atoms with Crippen molar-refractivity contribution in [1.82, 2.24) is 24.8 Å². The highest BCUT2D eigenvalue weighted by atomic mass is 32.1. The molecule has 0 aliphatic carbocycles. The van der Waals surface area contributed by atoms with Gasteiger partial charge in [-0.3, -0.25) is 4.79 Å². The van der Waals surface area contributed by atoms with Crippen molar-refractivity contribution >= 4 is 27.5 Å². The summed E-state index contributed by atoms with van der Waals surface area (Å²) in [5.41, 5.74) is 1.73. The van der Waals surface area contributed by atoms with Crippen molar-refractivity contribution in [2.45, 2.75) is 18.9 Å². The van der Waals surface area contributed by atoms with E-state index in [0.717, 1.165) is 22.3 Å². The molecule has 1 aromatic carbocycles. The van der Waals surface area contributed by atoms with Crippen molar-refractivity contribution in [2.75, 3.05) is 6.54 Å². The zero-order valence-corrected chi connectivity index (χ0v) is 15.1. The third kappa shape index (κ3) is 2.60. The number of aromatic amines is 1. The normalized spacial score (nSPS) is 16.7. The van der Waals surface area contributed by atoms with Gasteiger partial charge in [0.2, 0.25) is 5.76 Å². The first-order valence-corrected chi connectivity index (χ1v) is 9.35. The minimum absolute atomic E-state index is 0.317. The van der Waals surface area contributed by atoms with Crippen molar-refractivity contribution in [3.8, 4) is 0 Å². The average molecular weight is 401 g/mol. The molecule has 4 heterocycles. The van der Waals surface area contributed by atoms with E-state index in [9.17, 15) is 13.6 Å². The highest BCUT2D eigenvalue weighted by Crippen LogP contribution is 2.38. The molecule has 0 saturated heterocycles. The van der Waals surface area contributed by atoms with Gasteiger partial charge in [0.25, 0.3) is 12.3 Å². The van der Waals surface area contributed by atoms with Crippen molar-refractivity contribution in [2.24, 2.45) is 0 Å². The summed E-state index contributed by atoms with van der Waals surface area (Å²) in [6.45, 7) is 0.317. The number of nitrogens with one attached hydrogen (secondary N) is 1. The number of hydrogen-bond acceptors (Lipinski definition) is 6. The fraction of sp³-hybridized carbons (Fsp3) is 0.222. The van der Waals surface area contributed by atoms with E-state index < -0.39 is 29.8 Å². The first-order chi connectivity index (χ1) is 13.6. The third-order valence-corrected chi connectivity index (χ3v) is 5.81. The smallest absolute Gasteiger partial charge is 0.292 e.